The molecule has 30 heteroatoms. The van der Waals surface area contributed by atoms with Gasteiger partial charge in [-0.1, -0.05) is 11.2 Å². The van der Waals surface area contributed by atoms with Gasteiger partial charge in [0.15, 0.2) is 0 Å². The normalized spacial score (nSPS) is 8.22. The maximum absolute atomic E-state index is 10.9. The van der Waals surface area contributed by atoms with Crippen LogP contribution in [0.2, 0.25) is 0 Å². The number of rotatable bonds is 10. The molecule has 2 radical (unpaired) electrons. The Morgan fingerprint density at radius 1 is 0.413 bits per heavy atom. The summed E-state index contributed by atoms with van der Waals surface area (Å²) >= 11 is 0. The first kappa shape index (κ1) is 68.1. The molecule has 0 aromatic heterocycles. The summed E-state index contributed by atoms with van der Waals surface area (Å²) in [5.41, 5.74) is 30.2. The van der Waals surface area contributed by atoms with E-state index < -0.39 is 72.7 Å². The third-order valence-corrected chi connectivity index (χ3v) is 2.46. The summed E-state index contributed by atoms with van der Waals surface area (Å²) in [6, 6.07) is 0. The Hall–Kier alpha value is -5.22. The summed E-state index contributed by atoms with van der Waals surface area (Å²) < 4.78 is 0. The van der Waals surface area contributed by atoms with Gasteiger partial charge in [-0.3, -0.25) is 67.5 Å². The van der Waals surface area contributed by atoms with Gasteiger partial charge >= 0.3 is 58.0 Å². The summed E-state index contributed by atoms with van der Waals surface area (Å²) in [4.78, 5) is 59.7. The maximum atomic E-state index is 10.9. The number of carboxylic acids is 6. The summed E-state index contributed by atoms with van der Waals surface area (Å²) in [6.07, 6.45) is -5.88. The van der Waals surface area contributed by atoms with E-state index in [0.29, 0.717) is 0 Å². The Balaban J connectivity index is -0.0000000456. The molecule has 46 heavy (non-hydrogen) atoms. The second-order valence-electron chi connectivity index (χ2n) is 6.76. The molecule has 278 valence electrons. The first-order valence-electron chi connectivity index (χ1n) is 9.65. The standard InChI is InChI=1S/2C6H7O7.4CH5N3.2Cu.2H2O/c2*7-3(8)1-6(13,5(11)12)2-4(9)10;4*2-1(3)4;;;;/h2*1-2H2,(H,7,8)(H,9,10)(H,11,12);4*(H5,2,3,4);;;2*1H2/q2*-1;;;;;2*+2;;/p-2. The van der Waals surface area contributed by atoms with Gasteiger partial charge in [0.05, 0.1) is 0 Å². The van der Waals surface area contributed by atoms with E-state index in [1.54, 1.807) is 0 Å². The van der Waals surface area contributed by atoms with Crippen molar-refractivity contribution in [3.8, 4) is 0 Å². The second kappa shape index (κ2) is 36.0. The van der Waals surface area contributed by atoms with Crippen LogP contribution in [-0.4, -0.2) is 81.8 Å². The van der Waals surface area contributed by atoms with E-state index in [1.165, 1.54) is 0 Å². The van der Waals surface area contributed by atoms with E-state index in [9.17, 15) is 69.6 Å². The third kappa shape index (κ3) is 77.2. The molecule has 0 bridgehead atoms. The van der Waals surface area contributed by atoms with Crippen LogP contribution in [-0.2, 0) is 62.9 Å². The van der Waals surface area contributed by atoms with E-state index in [1.807, 2.05) is 0 Å². The Morgan fingerprint density at radius 2 is 0.500 bits per heavy atom. The molecule has 0 saturated carbocycles. The zero-order valence-corrected chi connectivity index (χ0v) is 25.0. The average molecular weight is 780 g/mol. The van der Waals surface area contributed by atoms with E-state index in [-0.39, 0.29) is 68.9 Å². The number of carboxylic acid groups (broad SMARTS) is 6. The minimum Gasteiger partial charge on any atom is -0.845 e. The largest absolute Gasteiger partial charge is 2.00 e. The molecule has 0 aromatic rings. The predicted octanol–water partition coefficient (Wildman–Crippen LogP) is -25.3. The molecule has 0 saturated heterocycles. The summed E-state index contributed by atoms with van der Waals surface area (Å²) in [5.74, 6) is -12.8. The van der Waals surface area contributed by atoms with Gasteiger partial charge in [0.1, 0.15) is 0 Å². The third-order valence-electron chi connectivity index (χ3n) is 2.46. The van der Waals surface area contributed by atoms with Gasteiger partial charge < -0.3 is 80.6 Å². The molecule has 0 atom stereocenters. The molecule has 0 aliphatic rings. The smallest absolute Gasteiger partial charge is 0.845 e. The van der Waals surface area contributed by atoms with E-state index in [2.05, 4.69) is 67.5 Å². The molecule has 0 unspecified atom stereocenters. The van der Waals surface area contributed by atoms with Crippen LogP contribution in [0.1, 0.15) is 25.7 Å². The maximum Gasteiger partial charge on any atom is 2.00 e. The Morgan fingerprint density at radius 3 is 0.543 bits per heavy atom. The first-order chi connectivity index (χ1) is 18.5. The van der Waals surface area contributed by atoms with Crippen molar-refractivity contribution < 1.29 is 136 Å². The van der Waals surface area contributed by atoms with Gasteiger partial charge in [0, 0.05) is 35.8 Å². The van der Waals surface area contributed by atoms with Gasteiger partial charge in [0.2, 0.25) is 0 Å². The molecular weight excluding hydrogens is 743 g/mol. The number of aliphatic carboxylic acids is 6. The van der Waals surface area contributed by atoms with Gasteiger partial charge in [-0.05, 0) is 25.7 Å². The molecule has 0 spiro atoms. The molecule has 0 aliphatic heterocycles. The SMILES string of the molecule is NC(N)=[NH2+].NC(N)=[NH2+].NC(N)=[NH2+].NC(N)=[NH2+].O.O.O=C([O-])CC([O-])(CC(=O)[O-])C(=O)[O-].O=C([O-])CC([O-])(CC(=O)[O-])C(=O)[O-].[Cu+2].[Cu+2]. The van der Waals surface area contributed by atoms with Gasteiger partial charge in [-0.25, -0.2) is 0 Å². The number of guanidine groups is 4. The topological polar surface area (TPSA) is 660 Å². The van der Waals surface area contributed by atoms with Gasteiger partial charge in [-0.15, -0.1) is 0 Å². The zero-order valence-electron chi connectivity index (χ0n) is 23.1. The summed E-state index contributed by atoms with van der Waals surface area (Å²) in [6.45, 7) is 0. The van der Waals surface area contributed by atoms with Crippen molar-refractivity contribution in [1.82, 2.24) is 0 Å². The van der Waals surface area contributed by atoms with Crippen molar-refractivity contribution in [3.63, 3.8) is 0 Å². The fourth-order valence-corrected chi connectivity index (χ4v) is 1.35. The number of hydrogen-bond acceptors (Lipinski definition) is 14. The monoisotopic (exact) mass is 778 g/mol. The number of carbonyl (C=O) groups excluding carboxylic acids is 6. The molecule has 28 N–H and O–H groups in total. The van der Waals surface area contributed by atoms with Crippen LogP contribution in [0.15, 0.2) is 0 Å². The van der Waals surface area contributed by atoms with Crippen molar-refractivity contribution in [2.24, 2.45) is 45.9 Å². The van der Waals surface area contributed by atoms with Crippen LogP contribution >= 0.6 is 0 Å². The summed E-state index contributed by atoms with van der Waals surface area (Å²) in [7, 11) is 0. The molecule has 0 amide bonds. The molecule has 0 fully saturated rings. The molecule has 0 aliphatic carbocycles. The Bertz CT molecular complexity index is 839. The van der Waals surface area contributed by atoms with E-state index in [4.69, 9.17) is 0 Å². The quantitative estimate of drug-likeness (QED) is 0.0556. The van der Waals surface area contributed by atoms with Crippen LogP contribution in [0.4, 0.5) is 0 Å². The minimum atomic E-state index is -3.22. The minimum absolute atomic E-state index is 0. The fraction of sp³-hybridized carbons (Fsp3) is 0.375. The molecular formula is C16H36Cu2N12O16. The van der Waals surface area contributed by atoms with Crippen LogP contribution in [0.5, 0.6) is 0 Å². The van der Waals surface area contributed by atoms with Crippen molar-refractivity contribution in [3.05, 3.63) is 0 Å². The van der Waals surface area contributed by atoms with Crippen LogP contribution < -0.4 is 108 Å². The molecule has 0 rings (SSSR count). The zero-order chi connectivity index (χ0) is 35.6. The Kier molecular flexibility index (Phi) is 53.3. The van der Waals surface area contributed by atoms with E-state index in [0.717, 1.165) is 0 Å². The fourth-order valence-electron chi connectivity index (χ4n) is 1.35. The predicted molar refractivity (Wildman–Crippen MR) is 122 cm³/mol. The van der Waals surface area contributed by atoms with Crippen molar-refractivity contribution in [2.45, 2.75) is 36.9 Å². The first-order valence-corrected chi connectivity index (χ1v) is 9.65. The second-order valence-corrected chi connectivity index (χ2v) is 6.76. The number of hydrogen-bond donors (Lipinski definition) is 12. The van der Waals surface area contributed by atoms with E-state index >= 15 is 0 Å². The average Bonchev–Trinajstić information content (AvgIpc) is 2.63. The van der Waals surface area contributed by atoms with Crippen LogP contribution in [0.3, 0.4) is 0 Å². The summed E-state index contributed by atoms with van der Waals surface area (Å²) in [5, 5.41) is 99.9. The molecule has 0 heterocycles. The van der Waals surface area contributed by atoms with Crippen LogP contribution in [0, 0.1) is 0 Å². The van der Waals surface area contributed by atoms with Crippen molar-refractivity contribution >= 4 is 59.7 Å². The van der Waals surface area contributed by atoms with Crippen LogP contribution in [0.25, 0.3) is 0 Å². The van der Waals surface area contributed by atoms with Gasteiger partial charge in [-0.2, -0.15) is 0 Å². The number of nitrogens with two attached hydrogens (primary N) is 12. The number of carbonyl (C=O) groups is 6. The van der Waals surface area contributed by atoms with Gasteiger partial charge in [0.25, 0.3) is 0 Å². The van der Waals surface area contributed by atoms with Crippen molar-refractivity contribution in [2.75, 3.05) is 0 Å². The molecule has 28 nitrogen and oxygen atoms in total. The molecule has 0 aromatic carbocycles. The van der Waals surface area contributed by atoms with Crippen molar-refractivity contribution in [1.29, 1.82) is 0 Å². The Labute approximate surface area is 278 Å².